The van der Waals surface area contributed by atoms with Crippen LogP contribution in [0.1, 0.15) is 32.6 Å². The second-order valence-corrected chi connectivity index (χ2v) is 7.31. The number of esters is 1. The van der Waals surface area contributed by atoms with E-state index in [1.807, 2.05) is 32.9 Å². The van der Waals surface area contributed by atoms with E-state index in [4.69, 9.17) is 9.47 Å². The molecular weight excluding hydrogens is 397 g/mol. The lowest BCUT2D eigenvalue weighted by atomic mass is 10.1. The third-order valence-corrected chi connectivity index (χ3v) is 4.69. The maximum Gasteiger partial charge on any atom is 0.342 e. The minimum atomic E-state index is -0.665. The Hall–Kier alpha value is -3.67. The summed E-state index contributed by atoms with van der Waals surface area (Å²) >= 11 is 0. The zero-order valence-corrected chi connectivity index (χ0v) is 17.7. The van der Waals surface area contributed by atoms with Crippen molar-refractivity contribution in [1.29, 1.82) is 0 Å². The third kappa shape index (κ3) is 5.92. The number of rotatable bonds is 7. The van der Waals surface area contributed by atoms with Crippen molar-refractivity contribution in [3.8, 4) is 5.75 Å². The lowest BCUT2D eigenvalue weighted by molar-refractivity contribution is -0.119. The minimum absolute atomic E-state index is 0.164. The van der Waals surface area contributed by atoms with Crippen molar-refractivity contribution in [1.82, 2.24) is 0 Å². The maximum atomic E-state index is 13.0. The predicted molar refractivity (Wildman–Crippen MR) is 117 cm³/mol. The van der Waals surface area contributed by atoms with Crippen LogP contribution in [-0.4, -0.2) is 18.5 Å². The van der Waals surface area contributed by atoms with E-state index >= 15 is 0 Å². The van der Waals surface area contributed by atoms with E-state index < -0.39 is 18.5 Å². The SMILES string of the molecule is Cc1cc(C)c(NC(=O)COC(=O)c2ccccc2OCc2ccc(F)cc2)c(C)c1. The minimum Gasteiger partial charge on any atom is -0.488 e. The first-order valence-corrected chi connectivity index (χ1v) is 9.84. The van der Waals surface area contributed by atoms with Crippen LogP contribution in [0.4, 0.5) is 10.1 Å². The van der Waals surface area contributed by atoms with Crippen molar-refractivity contribution in [3.05, 3.63) is 94.3 Å². The first-order chi connectivity index (χ1) is 14.8. The summed E-state index contributed by atoms with van der Waals surface area (Å²) in [5, 5.41) is 2.80. The number of anilines is 1. The van der Waals surface area contributed by atoms with Gasteiger partial charge in [0.05, 0.1) is 0 Å². The predicted octanol–water partition coefficient (Wildman–Crippen LogP) is 5.13. The molecule has 0 aliphatic heterocycles. The Labute approximate surface area is 180 Å². The van der Waals surface area contributed by atoms with Gasteiger partial charge < -0.3 is 14.8 Å². The topological polar surface area (TPSA) is 64.6 Å². The summed E-state index contributed by atoms with van der Waals surface area (Å²) in [6.07, 6.45) is 0. The molecule has 3 aromatic rings. The highest BCUT2D eigenvalue weighted by Crippen LogP contribution is 2.23. The number of benzene rings is 3. The molecule has 0 fully saturated rings. The lowest BCUT2D eigenvalue weighted by Crippen LogP contribution is -2.22. The Balaban J connectivity index is 1.60. The molecule has 0 saturated heterocycles. The molecule has 0 unspecified atom stereocenters. The Morgan fingerprint density at radius 1 is 0.935 bits per heavy atom. The molecule has 5 nitrogen and oxygen atoms in total. The van der Waals surface area contributed by atoms with Crippen LogP contribution in [0.15, 0.2) is 60.7 Å². The van der Waals surface area contributed by atoms with Gasteiger partial charge in [-0.05, 0) is 61.7 Å². The molecule has 0 aliphatic carbocycles. The van der Waals surface area contributed by atoms with E-state index in [0.29, 0.717) is 5.75 Å². The molecule has 1 N–H and O–H groups in total. The largest absolute Gasteiger partial charge is 0.488 e. The number of ether oxygens (including phenoxy) is 2. The van der Waals surface area contributed by atoms with Gasteiger partial charge in [-0.25, -0.2) is 9.18 Å². The number of hydrogen-bond acceptors (Lipinski definition) is 4. The average molecular weight is 421 g/mol. The van der Waals surface area contributed by atoms with Crippen LogP contribution >= 0.6 is 0 Å². The number of aryl methyl sites for hydroxylation is 3. The summed E-state index contributed by atoms with van der Waals surface area (Å²) in [6.45, 7) is 5.56. The Bertz CT molecular complexity index is 1070. The smallest absolute Gasteiger partial charge is 0.342 e. The van der Waals surface area contributed by atoms with Gasteiger partial charge in [0.15, 0.2) is 6.61 Å². The van der Waals surface area contributed by atoms with E-state index in [2.05, 4.69) is 5.32 Å². The molecule has 0 heterocycles. The monoisotopic (exact) mass is 421 g/mol. The molecular formula is C25H24FNO4. The van der Waals surface area contributed by atoms with E-state index in [1.165, 1.54) is 12.1 Å². The molecule has 1 amide bonds. The number of amides is 1. The molecule has 0 aliphatic rings. The highest BCUT2D eigenvalue weighted by molar-refractivity contribution is 5.97. The fourth-order valence-corrected chi connectivity index (χ4v) is 3.26. The van der Waals surface area contributed by atoms with Crippen LogP contribution in [0.5, 0.6) is 5.75 Å². The molecule has 160 valence electrons. The number of carbonyl (C=O) groups is 2. The van der Waals surface area contributed by atoms with Gasteiger partial charge in [0, 0.05) is 5.69 Å². The molecule has 3 aromatic carbocycles. The van der Waals surface area contributed by atoms with E-state index in [-0.39, 0.29) is 18.0 Å². The number of para-hydroxylation sites is 1. The summed E-state index contributed by atoms with van der Waals surface area (Å²) < 4.78 is 23.9. The van der Waals surface area contributed by atoms with E-state index in [1.54, 1.807) is 36.4 Å². The molecule has 0 atom stereocenters. The van der Waals surface area contributed by atoms with Crippen LogP contribution in [0.25, 0.3) is 0 Å². The first kappa shape index (κ1) is 22.0. The van der Waals surface area contributed by atoms with Crippen molar-refractivity contribution in [2.45, 2.75) is 27.4 Å². The van der Waals surface area contributed by atoms with Crippen LogP contribution in [0.3, 0.4) is 0 Å². The van der Waals surface area contributed by atoms with E-state index in [9.17, 15) is 14.0 Å². The van der Waals surface area contributed by atoms with Crippen LogP contribution < -0.4 is 10.1 Å². The van der Waals surface area contributed by atoms with Gasteiger partial charge in [-0.15, -0.1) is 0 Å². The summed E-state index contributed by atoms with van der Waals surface area (Å²) in [5.41, 5.74) is 4.67. The van der Waals surface area contributed by atoms with Crippen molar-refractivity contribution >= 4 is 17.6 Å². The summed E-state index contributed by atoms with van der Waals surface area (Å²) in [5.74, 6) is -1.10. The zero-order valence-electron chi connectivity index (χ0n) is 17.7. The molecule has 0 radical (unpaired) electrons. The molecule has 0 aromatic heterocycles. The summed E-state index contributed by atoms with van der Waals surface area (Å²) in [4.78, 5) is 24.8. The quantitative estimate of drug-likeness (QED) is 0.538. The summed E-state index contributed by atoms with van der Waals surface area (Å²) in [6, 6.07) is 16.5. The van der Waals surface area contributed by atoms with Gasteiger partial charge in [0.1, 0.15) is 23.7 Å². The number of hydrogen-bond donors (Lipinski definition) is 1. The van der Waals surface area contributed by atoms with Crippen molar-refractivity contribution in [3.63, 3.8) is 0 Å². The molecule has 0 bridgehead atoms. The Kier molecular flexibility index (Phi) is 7.03. The van der Waals surface area contributed by atoms with Gasteiger partial charge in [-0.2, -0.15) is 0 Å². The molecule has 3 rings (SSSR count). The Morgan fingerprint density at radius 2 is 1.58 bits per heavy atom. The second kappa shape index (κ2) is 9.89. The third-order valence-electron chi connectivity index (χ3n) is 4.69. The fourth-order valence-electron chi connectivity index (χ4n) is 3.26. The lowest BCUT2D eigenvalue weighted by Gasteiger charge is -2.14. The van der Waals surface area contributed by atoms with E-state index in [0.717, 1.165) is 27.9 Å². The van der Waals surface area contributed by atoms with Gasteiger partial charge in [-0.1, -0.05) is 42.0 Å². The van der Waals surface area contributed by atoms with Gasteiger partial charge in [-0.3, -0.25) is 4.79 Å². The van der Waals surface area contributed by atoms with Gasteiger partial charge >= 0.3 is 5.97 Å². The fraction of sp³-hybridized carbons (Fsp3) is 0.200. The average Bonchev–Trinajstić information content (AvgIpc) is 2.74. The normalized spacial score (nSPS) is 10.5. The van der Waals surface area contributed by atoms with Crippen molar-refractivity contribution < 1.29 is 23.5 Å². The molecule has 0 spiro atoms. The van der Waals surface area contributed by atoms with Crippen LogP contribution in [0, 0.1) is 26.6 Å². The summed E-state index contributed by atoms with van der Waals surface area (Å²) in [7, 11) is 0. The first-order valence-electron chi connectivity index (χ1n) is 9.84. The number of halogens is 1. The molecule has 6 heteroatoms. The van der Waals surface area contributed by atoms with Crippen LogP contribution in [-0.2, 0) is 16.1 Å². The van der Waals surface area contributed by atoms with Crippen LogP contribution in [0.2, 0.25) is 0 Å². The number of carbonyl (C=O) groups excluding carboxylic acids is 2. The standard InChI is InChI=1S/C25H24FNO4/c1-16-12-17(2)24(18(3)13-16)27-23(28)15-31-25(29)21-6-4-5-7-22(21)30-14-19-8-10-20(26)11-9-19/h4-13H,14-15H2,1-3H3,(H,27,28). The molecule has 0 saturated carbocycles. The van der Waals surface area contributed by atoms with Crippen molar-refractivity contribution in [2.24, 2.45) is 0 Å². The second-order valence-electron chi connectivity index (χ2n) is 7.31. The zero-order chi connectivity index (χ0) is 22.4. The maximum absolute atomic E-state index is 13.0. The van der Waals surface area contributed by atoms with Crippen molar-refractivity contribution in [2.75, 3.05) is 11.9 Å². The number of nitrogens with one attached hydrogen (secondary N) is 1. The molecule has 31 heavy (non-hydrogen) atoms. The Morgan fingerprint density at radius 3 is 2.26 bits per heavy atom. The van der Waals surface area contributed by atoms with Gasteiger partial charge in [0.25, 0.3) is 5.91 Å². The van der Waals surface area contributed by atoms with Gasteiger partial charge in [0.2, 0.25) is 0 Å². The highest BCUT2D eigenvalue weighted by atomic mass is 19.1. The highest BCUT2D eigenvalue weighted by Gasteiger charge is 2.16.